The van der Waals surface area contributed by atoms with Crippen molar-refractivity contribution in [2.24, 2.45) is 0 Å². The van der Waals surface area contributed by atoms with E-state index in [4.69, 9.17) is 0 Å². The SMILES string of the molecule is CN(C)S(=O)(=O)c1ccccc1Nn1cccc1. The second-order valence-corrected chi connectivity index (χ2v) is 6.11. The van der Waals surface area contributed by atoms with E-state index in [1.54, 1.807) is 41.3 Å². The van der Waals surface area contributed by atoms with Gasteiger partial charge in [0.15, 0.2) is 0 Å². The third kappa shape index (κ3) is 2.39. The summed E-state index contributed by atoms with van der Waals surface area (Å²) in [7, 11) is -0.422. The summed E-state index contributed by atoms with van der Waals surface area (Å²) in [4.78, 5) is 0.253. The molecule has 2 aromatic rings. The molecule has 0 aliphatic carbocycles. The Labute approximate surface area is 107 Å². The van der Waals surface area contributed by atoms with Crippen molar-refractivity contribution >= 4 is 15.7 Å². The highest BCUT2D eigenvalue weighted by molar-refractivity contribution is 7.89. The molecule has 0 aliphatic rings. The number of sulfonamides is 1. The minimum Gasteiger partial charge on any atom is -0.294 e. The summed E-state index contributed by atoms with van der Waals surface area (Å²) in [6, 6.07) is 10.5. The largest absolute Gasteiger partial charge is 0.294 e. The highest BCUT2D eigenvalue weighted by Gasteiger charge is 2.20. The number of aromatic nitrogens is 1. The summed E-state index contributed by atoms with van der Waals surface area (Å²) in [5.74, 6) is 0. The number of anilines is 1. The fourth-order valence-electron chi connectivity index (χ4n) is 1.53. The summed E-state index contributed by atoms with van der Waals surface area (Å²) in [6.45, 7) is 0. The van der Waals surface area contributed by atoms with Crippen LogP contribution in [0.2, 0.25) is 0 Å². The summed E-state index contributed by atoms with van der Waals surface area (Å²) in [5.41, 5.74) is 3.57. The van der Waals surface area contributed by atoms with Gasteiger partial charge in [-0.3, -0.25) is 10.1 Å². The van der Waals surface area contributed by atoms with E-state index < -0.39 is 10.0 Å². The maximum Gasteiger partial charge on any atom is 0.244 e. The van der Waals surface area contributed by atoms with Crippen LogP contribution in [0.15, 0.2) is 53.7 Å². The van der Waals surface area contributed by atoms with Crippen molar-refractivity contribution in [2.75, 3.05) is 19.5 Å². The molecule has 0 saturated heterocycles. The standard InChI is InChI=1S/C12H15N3O2S/c1-14(2)18(16,17)12-8-4-3-7-11(12)13-15-9-5-6-10-15/h3-10,13H,1-2H3. The molecular weight excluding hydrogens is 250 g/mol. The van der Waals surface area contributed by atoms with Crippen LogP contribution in [0.4, 0.5) is 5.69 Å². The molecule has 0 aliphatic heterocycles. The minimum absolute atomic E-state index is 0.253. The first-order valence-electron chi connectivity index (χ1n) is 5.43. The number of rotatable bonds is 4. The van der Waals surface area contributed by atoms with Crippen LogP contribution in [-0.4, -0.2) is 31.5 Å². The van der Waals surface area contributed by atoms with Crippen molar-refractivity contribution < 1.29 is 8.42 Å². The normalized spacial score (nSPS) is 11.7. The van der Waals surface area contributed by atoms with Crippen LogP contribution < -0.4 is 5.43 Å². The molecule has 5 nitrogen and oxygen atoms in total. The van der Waals surface area contributed by atoms with Gasteiger partial charge in [-0.2, -0.15) is 0 Å². The molecule has 0 bridgehead atoms. The lowest BCUT2D eigenvalue weighted by atomic mass is 10.3. The van der Waals surface area contributed by atoms with Crippen LogP contribution >= 0.6 is 0 Å². The second-order valence-electron chi connectivity index (χ2n) is 3.99. The first-order chi connectivity index (χ1) is 8.51. The second kappa shape index (κ2) is 4.83. The highest BCUT2D eigenvalue weighted by atomic mass is 32.2. The van der Waals surface area contributed by atoms with E-state index in [2.05, 4.69) is 5.43 Å². The molecule has 0 unspecified atom stereocenters. The van der Waals surface area contributed by atoms with E-state index in [9.17, 15) is 8.42 Å². The topological polar surface area (TPSA) is 54.3 Å². The molecule has 96 valence electrons. The molecule has 0 atom stereocenters. The Hall–Kier alpha value is -1.79. The lowest BCUT2D eigenvalue weighted by Gasteiger charge is -2.16. The summed E-state index contributed by atoms with van der Waals surface area (Å²) in [6.07, 6.45) is 3.61. The van der Waals surface area contributed by atoms with Crippen LogP contribution in [-0.2, 0) is 10.0 Å². The molecule has 0 radical (unpaired) electrons. The highest BCUT2D eigenvalue weighted by Crippen LogP contribution is 2.23. The van der Waals surface area contributed by atoms with Gasteiger partial charge in [0, 0.05) is 26.5 Å². The Balaban J connectivity index is 2.44. The average Bonchev–Trinajstić information content (AvgIpc) is 2.82. The van der Waals surface area contributed by atoms with E-state index in [1.165, 1.54) is 18.4 Å². The molecule has 0 fully saturated rings. The number of hydrogen-bond donors (Lipinski definition) is 1. The van der Waals surface area contributed by atoms with Gasteiger partial charge >= 0.3 is 0 Å². The van der Waals surface area contributed by atoms with Gasteiger partial charge < -0.3 is 0 Å². The smallest absolute Gasteiger partial charge is 0.244 e. The molecule has 6 heteroatoms. The van der Waals surface area contributed by atoms with Gasteiger partial charge in [0.2, 0.25) is 10.0 Å². The summed E-state index contributed by atoms with van der Waals surface area (Å²) in [5, 5.41) is 0. The molecular formula is C12H15N3O2S. The van der Waals surface area contributed by atoms with Gasteiger partial charge in [0.1, 0.15) is 4.90 Å². The third-order valence-electron chi connectivity index (χ3n) is 2.50. The van der Waals surface area contributed by atoms with E-state index in [1.807, 2.05) is 12.1 Å². The molecule has 1 aromatic carbocycles. The Kier molecular flexibility index (Phi) is 3.40. The fourth-order valence-corrected chi connectivity index (χ4v) is 2.56. The monoisotopic (exact) mass is 265 g/mol. The Morgan fingerprint density at radius 2 is 1.67 bits per heavy atom. The van der Waals surface area contributed by atoms with Crippen LogP contribution in [0.1, 0.15) is 0 Å². The van der Waals surface area contributed by atoms with Crippen LogP contribution in [0.3, 0.4) is 0 Å². The molecule has 0 saturated carbocycles. The zero-order valence-electron chi connectivity index (χ0n) is 10.2. The molecule has 1 aromatic heterocycles. The Morgan fingerprint density at radius 1 is 1.06 bits per heavy atom. The van der Waals surface area contributed by atoms with Gasteiger partial charge in [-0.05, 0) is 24.3 Å². The van der Waals surface area contributed by atoms with Gasteiger partial charge in [-0.1, -0.05) is 12.1 Å². The quantitative estimate of drug-likeness (QED) is 0.914. The minimum atomic E-state index is -3.45. The number of nitrogens with one attached hydrogen (secondary N) is 1. The van der Waals surface area contributed by atoms with Crippen LogP contribution in [0, 0.1) is 0 Å². The summed E-state index contributed by atoms with van der Waals surface area (Å²) >= 11 is 0. The lowest BCUT2D eigenvalue weighted by molar-refractivity contribution is 0.521. The zero-order chi connectivity index (χ0) is 13.2. The van der Waals surface area contributed by atoms with Gasteiger partial charge in [0.25, 0.3) is 0 Å². The van der Waals surface area contributed by atoms with Crippen molar-refractivity contribution in [3.05, 3.63) is 48.8 Å². The molecule has 0 amide bonds. The average molecular weight is 265 g/mol. The predicted molar refractivity (Wildman–Crippen MR) is 70.8 cm³/mol. The first-order valence-corrected chi connectivity index (χ1v) is 6.87. The predicted octanol–water partition coefficient (Wildman–Crippen LogP) is 1.61. The fraction of sp³-hybridized carbons (Fsp3) is 0.167. The summed E-state index contributed by atoms with van der Waals surface area (Å²) < 4.78 is 27.2. The zero-order valence-corrected chi connectivity index (χ0v) is 11.1. The van der Waals surface area contributed by atoms with Crippen LogP contribution in [0.5, 0.6) is 0 Å². The third-order valence-corrected chi connectivity index (χ3v) is 4.37. The molecule has 2 rings (SSSR count). The Morgan fingerprint density at radius 3 is 2.28 bits per heavy atom. The van der Waals surface area contributed by atoms with E-state index >= 15 is 0 Å². The van der Waals surface area contributed by atoms with Crippen LogP contribution in [0.25, 0.3) is 0 Å². The first kappa shape index (κ1) is 12.7. The van der Waals surface area contributed by atoms with E-state index in [-0.39, 0.29) is 4.90 Å². The lowest BCUT2D eigenvalue weighted by Crippen LogP contribution is -2.23. The van der Waals surface area contributed by atoms with Crippen molar-refractivity contribution in [3.63, 3.8) is 0 Å². The van der Waals surface area contributed by atoms with Gasteiger partial charge in [-0.25, -0.2) is 12.7 Å². The van der Waals surface area contributed by atoms with Crippen molar-refractivity contribution in [3.8, 4) is 0 Å². The maximum atomic E-state index is 12.2. The van der Waals surface area contributed by atoms with Crippen molar-refractivity contribution in [1.82, 2.24) is 8.98 Å². The number of hydrogen-bond acceptors (Lipinski definition) is 3. The van der Waals surface area contributed by atoms with Crippen molar-refractivity contribution in [2.45, 2.75) is 4.90 Å². The number of benzene rings is 1. The molecule has 18 heavy (non-hydrogen) atoms. The number of para-hydroxylation sites is 1. The Bertz CT molecular complexity index is 619. The van der Waals surface area contributed by atoms with E-state index in [0.717, 1.165) is 0 Å². The molecule has 1 heterocycles. The van der Waals surface area contributed by atoms with Gasteiger partial charge in [0.05, 0.1) is 5.69 Å². The molecule has 0 spiro atoms. The number of nitrogens with zero attached hydrogens (tertiary/aromatic N) is 2. The molecule has 1 N–H and O–H groups in total. The van der Waals surface area contributed by atoms with Gasteiger partial charge in [-0.15, -0.1) is 0 Å². The van der Waals surface area contributed by atoms with Crippen molar-refractivity contribution in [1.29, 1.82) is 0 Å². The maximum absolute atomic E-state index is 12.2. The van der Waals surface area contributed by atoms with E-state index in [0.29, 0.717) is 5.69 Å².